The summed E-state index contributed by atoms with van der Waals surface area (Å²) in [6.45, 7) is 3.64. The fourth-order valence-corrected chi connectivity index (χ4v) is 4.04. The number of hydrogen-bond donors (Lipinski definition) is 3. The summed E-state index contributed by atoms with van der Waals surface area (Å²) in [5, 5.41) is 14.4. The Balaban J connectivity index is 0.00000256. The molecule has 2 aliphatic heterocycles. The minimum Gasteiger partial charge on any atom is -0.371 e. The Morgan fingerprint density at radius 2 is 1.87 bits per heavy atom. The van der Waals surface area contributed by atoms with E-state index in [1.807, 2.05) is 6.07 Å². The highest BCUT2D eigenvalue weighted by molar-refractivity contribution is 6.04. The number of anilines is 2. The molecule has 3 heterocycles. The lowest BCUT2D eigenvalue weighted by molar-refractivity contribution is 0.0998. The molecule has 0 spiro atoms. The van der Waals surface area contributed by atoms with Gasteiger partial charge in [-0.1, -0.05) is 5.21 Å². The number of aromatic nitrogens is 3. The number of primary amides is 1. The van der Waals surface area contributed by atoms with Crippen molar-refractivity contribution in [2.45, 2.75) is 38.1 Å². The Hall–Kier alpha value is -2.65. The van der Waals surface area contributed by atoms with Crippen molar-refractivity contribution in [3.63, 3.8) is 0 Å². The molecule has 2 aliphatic rings. The first-order valence-corrected chi connectivity index (χ1v) is 10.2. The lowest BCUT2D eigenvalue weighted by atomic mass is 10.1. The van der Waals surface area contributed by atoms with Gasteiger partial charge in [0, 0.05) is 18.8 Å². The molecule has 1 aromatic heterocycles. The summed E-state index contributed by atoms with van der Waals surface area (Å²) < 4.78 is 1.78. The molecular weight excluding hydrogens is 406 g/mol. The van der Waals surface area contributed by atoms with Crippen LogP contribution in [0.3, 0.4) is 0 Å². The Kier molecular flexibility index (Phi) is 7.28. The highest BCUT2D eigenvalue weighted by Gasteiger charge is 2.21. The summed E-state index contributed by atoms with van der Waals surface area (Å²) in [7, 11) is 0. The summed E-state index contributed by atoms with van der Waals surface area (Å²) in [5.41, 5.74) is 7.69. The summed E-state index contributed by atoms with van der Waals surface area (Å²) in [6, 6.07) is 5.46. The van der Waals surface area contributed by atoms with Gasteiger partial charge in [-0.2, -0.15) is 0 Å². The zero-order valence-electron chi connectivity index (χ0n) is 16.8. The van der Waals surface area contributed by atoms with Gasteiger partial charge in [0.2, 0.25) is 0 Å². The molecule has 0 atom stereocenters. The fraction of sp³-hybridized carbons (Fsp3) is 0.500. The molecule has 2 amide bonds. The van der Waals surface area contributed by atoms with E-state index in [9.17, 15) is 9.59 Å². The first-order valence-electron chi connectivity index (χ1n) is 10.2. The lowest BCUT2D eigenvalue weighted by Crippen LogP contribution is -2.31. The van der Waals surface area contributed by atoms with Crippen molar-refractivity contribution >= 4 is 35.6 Å². The van der Waals surface area contributed by atoms with Crippen molar-refractivity contribution in [2.75, 3.05) is 36.4 Å². The highest BCUT2D eigenvalue weighted by atomic mass is 35.5. The summed E-state index contributed by atoms with van der Waals surface area (Å²) in [5.74, 6) is -0.782. The van der Waals surface area contributed by atoms with Crippen LogP contribution in [0.1, 0.15) is 59.0 Å². The molecule has 4 N–H and O–H groups in total. The predicted octanol–water partition coefficient (Wildman–Crippen LogP) is 1.97. The standard InChI is InChI=1S/C20H27N7O2.ClH/c21-19(28)16-5-4-14(12-18(16)26-10-2-1-3-11-26)23-20(29)17-13-27(25-24-17)15-6-8-22-9-7-15;/h4-5,12-13,15,22H,1-3,6-11H2,(H2,21,28)(H,23,29);1H. The molecule has 2 saturated heterocycles. The van der Waals surface area contributed by atoms with Crippen molar-refractivity contribution in [1.82, 2.24) is 20.3 Å². The Labute approximate surface area is 181 Å². The molecule has 0 unspecified atom stereocenters. The van der Waals surface area contributed by atoms with E-state index in [2.05, 4.69) is 25.8 Å². The van der Waals surface area contributed by atoms with E-state index in [4.69, 9.17) is 5.73 Å². The van der Waals surface area contributed by atoms with E-state index >= 15 is 0 Å². The molecule has 2 fully saturated rings. The number of piperidine rings is 2. The van der Waals surface area contributed by atoms with Gasteiger partial charge in [0.05, 0.1) is 23.5 Å². The van der Waals surface area contributed by atoms with Gasteiger partial charge in [-0.25, -0.2) is 4.68 Å². The Morgan fingerprint density at radius 3 is 2.57 bits per heavy atom. The monoisotopic (exact) mass is 433 g/mol. The van der Waals surface area contributed by atoms with E-state index in [0.717, 1.165) is 57.5 Å². The number of amides is 2. The number of hydrogen-bond acceptors (Lipinski definition) is 6. The second kappa shape index (κ2) is 9.90. The number of halogens is 1. The van der Waals surface area contributed by atoms with Crippen molar-refractivity contribution in [1.29, 1.82) is 0 Å². The molecule has 2 aromatic rings. The third kappa shape index (κ3) is 4.91. The Bertz CT molecular complexity index is 889. The molecule has 0 radical (unpaired) electrons. The quantitative estimate of drug-likeness (QED) is 0.663. The molecule has 0 aliphatic carbocycles. The summed E-state index contributed by atoms with van der Waals surface area (Å²) in [6.07, 6.45) is 6.99. The summed E-state index contributed by atoms with van der Waals surface area (Å²) in [4.78, 5) is 26.7. The van der Waals surface area contributed by atoms with Crippen LogP contribution in [0.15, 0.2) is 24.4 Å². The number of rotatable bonds is 5. The fourth-order valence-electron chi connectivity index (χ4n) is 4.04. The van der Waals surface area contributed by atoms with Gasteiger partial charge in [0.25, 0.3) is 11.8 Å². The molecule has 30 heavy (non-hydrogen) atoms. The zero-order valence-corrected chi connectivity index (χ0v) is 17.7. The Morgan fingerprint density at radius 1 is 1.13 bits per heavy atom. The average molecular weight is 434 g/mol. The van der Waals surface area contributed by atoms with Gasteiger partial charge in [0.1, 0.15) is 0 Å². The second-order valence-electron chi connectivity index (χ2n) is 7.66. The van der Waals surface area contributed by atoms with Crippen molar-refractivity contribution in [2.24, 2.45) is 5.73 Å². The number of carbonyl (C=O) groups excluding carboxylic acids is 2. The van der Waals surface area contributed by atoms with E-state index < -0.39 is 5.91 Å². The molecule has 1 aromatic carbocycles. The smallest absolute Gasteiger partial charge is 0.277 e. The van der Waals surface area contributed by atoms with Crippen LogP contribution >= 0.6 is 12.4 Å². The molecule has 10 heteroatoms. The van der Waals surface area contributed by atoms with Gasteiger partial charge in [-0.05, 0) is 63.4 Å². The van der Waals surface area contributed by atoms with Crippen LogP contribution in [0.25, 0.3) is 0 Å². The molecule has 9 nitrogen and oxygen atoms in total. The van der Waals surface area contributed by atoms with Crippen LogP contribution in [0.5, 0.6) is 0 Å². The number of nitrogens with zero attached hydrogens (tertiary/aromatic N) is 4. The number of carbonyl (C=O) groups is 2. The third-order valence-electron chi connectivity index (χ3n) is 5.64. The van der Waals surface area contributed by atoms with Crippen LogP contribution in [-0.4, -0.2) is 53.0 Å². The van der Waals surface area contributed by atoms with Crippen molar-refractivity contribution in [3.8, 4) is 0 Å². The lowest BCUT2D eigenvalue weighted by Gasteiger charge is -2.30. The van der Waals surface area contributed by atoms with E-state index in [0.29, 0.717) is 11.3 Å². The average Bonchev–Trinajstić information content (AvgIpc) is 3.25. The van der Waals surface area contributed by atoms with Crippen LogP contribution in [0.2, 0.25) is 0 Å². The highest BCUT2D eigenvalue weighted by Crippen LogP contribution is 2.28. The maximum atomic E-state index is 12.7. The molecular formula is C20H28ClN7O2. The molecule has 0 saturated carbocycles. The second-order valence-corrected chi connectivity index (χ2v) is 7.66. The largest absolute Gasteiger partial charge is 0.371 e. The van der Waals surface area contributed by atoms with E-state index in [1.54, 1.807) is 23.0 Å². The summed E-state index contributed by atoms with van der Waals surface area (Å²) >= 11 is 0. The van der Waals surface area contributed by atoms with Gasteiger partial charge in [0.15, 0.2) is 5.69 Å². The third-order valence-corrected chi connectivity index (χ3v) is 5.64. The van der Waals surface area contributed by atoms with Gasteiger partial charge < -0.3 is 21.3 Å². The van der Waals surface area contributed by atoms with Crippen molar-refractivity contribution < 1.29 is 9.59 Å². The minimum atomic E-state index is -0.464. The SMILES string of the molecule is Cl.NC(=O)c1ccc(NC(=O)c2cn(C3CCNCC3)nn2)cc1N1CCCCC1. The van der Waals surface area contributed by atoms with Crippen LogP contribution in [-0.2, 0) is 0 Å². The number of benzene rings is 1. The number of nitrogens with one attached hydrogen (secondary N) is 2. The van der Waals surface area contributed by atoms with E-state index in [1.165, 1.54) is 6.42 Å². The van der Waals surface area contributed by atoms with Crippen LogP contribution in [0, 0.1) is 0 Å². The number of nitrogens with two attached hydrogens (primary N) is 1. The van der Waals surface area contributed by atoms with Gasteiger partial charge in [-0.3, -0.25) is 9.59 Å². The molecule has 4 rings (SSSR count). The predicted molar refractivity (Wildman–Crippen MR) is 117 cm³/mol. The van der Waals surface area contributed by atoms with Crippen molar-refractivity contribution in [3.05, 3.63) is 35.7 Å². The normalized spacial score (nSPS) is 17.3. The molecule has 162 valence electrons. The first kappa shape index (κ1) is 22.0. The minimum absolute atomic E-state index is 0. The van der Waals surface area contributed by atoms with E-state index in [-0.39, 0.29) is 30.0 Å². The topological polar surface area (TPSA) is 118 Å². The molecule has 0 bridgehead atoms. The van der Waals surface area contributed by atoms with Gasteiger partial charge in [-0.15, -0.1) is 17.5 Å². The van der Waals surface area contributed by atoms with Crippen LogP contribution < -0.4 is 21.3 Å². The van der Waals surface area contributed by atoms with Crippen LogP contribution in [0.4, 0.5) is 11.4 Å². The zero-order chi connectivity index (χ0) is 20.2. The maximum Gasteiger partial charge on any atom is 0.277 e. The maximum absolute atomic E-state index is 12.7. The van der Waals surface area contributed by atoms with Gasteiger partial charge >= 0.3 is 0 Å². The first-order chi connectivity index (χ1) is 14.1.